The van der Waals surface area contributed by atoms with E-state index in [9.17, 15) is 4.39 Å². The Kier molecular flexibility index (Phi) is 5.73. The van der Waals surface area contributed by atoms with Crippen molar-refractivity contribution >= 4 is 27.5 Å². The number of halogens is 3. The number of rotatable bonds is 5. The van der Waals surface area contributed by atoms with E-state index in [1.165, 1.54) is 12.1 Å². The lowest BCUT2D eigenvalue weighted by Crippen LogP contribution is -2.32. The van der Waals surface area contributed by atoms with Gasteiger partial charge in [0.25, 0.3) is 0 Å². The van der Waals surface area contributed by atoms with Gasteiger partial charge >= 0.3 is 0 Å². The van der Waals surface area contributed by atoms with Crippen LogP contribution < -0.4 is 0 Å². The van der Waals surface area contributed by atoms with Crippen LogP contribution in [0.15, 0.2) is 22.7 Å². The zero-order valence-corrected chi connectivity index (χ0v) is 11.9. The molecule has 0 aliphatic heterocycles. The summed E-state index contributed by atoms with van der Waals surface area (Å²) >= 11 is 9.13. The highest BCUT2D eigenvalue weighted by atomic mass is 79.9. The molecule has 4 heteroatoms. The fraction of sp³-hybridized carbons (Fsp3) is 0.500. The van der Waals surface area contributed by atoms with Crippen LogP contribution in [0.25, 0.3) is 0 Å². The average molecular weight is 309 g/mol. The minimum atomic E-state index is -0.218. The van der Waals surface area contributed by atoms with E-state index < -0.39 is 0 Å². The maximum atomic E-state index is 12.9. The summed E-state index contributed by atoms with van der Waals surface area (Å²) in [4.78, 5) is 2.25. The average Bonchev–Trinajstić information content (AvgIpc) is 2.20. The lowest BCUT2D eigenvalue weighted by Gasteiger charge is -2.26. The van der Waals surface area contributed by atoms with E-state index in [2.05, 4.69) is 34.7 Å². The molecular weight excluding hydrogens is 292 g/mol. The molecule has 0 N–H and O–H groups in total. The SMILES string of the molecule is CC(C)N(CCCl)Cc1ccc(F)cc1Br. The van der Waals surface area contributed by atoms with E-state index in [4.69, 9.17) is 11.6 Å². The van der Waals surface area contributed by atoms with Crippen molar-refractivity contribution in [1.29, 1.82) is 0 Å². The highest BCUT2D eigenvalue weighted by Gasteiger charge is 2.11. The number of alkyl halides is 1. The van der Waals surface area contributed by atoms with Gasteiger partial charge in [-0.15, -0.1) is 11.6 Å². The Morgan fingerprint density at radius 2 is 2.12 bits per heavy atom. The number of hydrogen-bond acceptors (Lipinski definition) is 1. The molecule has 0 unspecified atom stereocenters. The van der Waals surface area contributed by atoms with Gasteiger partial charge in [0, 0.05) is 29.5 Å². The zero-order valence-electron chi connectivity index (χ0n) is 9.51. The standard InChI is InChI=1S/C12H16BrClFN/c1-9(2)16(6-5-14)8-10-3-4-11(15)7-12(10)13/h3-4,7,9H,5-6,8H2,1-2H3. The van der Waals surface area contributed by atoms with Gasteiger partial charge in [0.05, 0.1) is 0 Å². The molecule has 0 bridgehead atoms. The van der Waals surface area contributed by atoms with E-state index in [1.807, 2.05) is 6.07 Å². The minimum absolute atomic E-state index is 0.218. The van der Waals surface area contributed by atoms with Gasteiger partial charge < -0.3 is 0 Å². The summed E-state index contributed by atoms with van der Waals surface area (Å²) in [7, 11) is 0. The largest absolute Gasteiger partial charge is 0.295 e. The molecule has 0 heterocycles. The molecular formula is C12H16BrClFN. The fourth-order valence-corrected chi connectivity index (χ4v) is 2.19. The van der Waals surface area contributed by atoms with Crippen molar-refractivity contribution in [2.24, 2.45) is 0 Å². The monoisotopic (exact) mass is 307 g/mol. The van der Waals surface area contributed by atoms with Crippen LogP contribution in [0.3, 0.4) is 0 Å². The number of benzene rings is 1. The molecule has 16 heavy (non-hydrogen) atoms. The molecule has 0 fully saturated rings. The molecule has 0 spiro atoms. The van der Waals surface area contributed by atoms with Crippen LogP contribution >= 0.6 is 27.5 Å². The summed E-state index contributed by atoms with van der Waals surface area (Å²) < 4.78 is 13.7. The molecule has 0 atom stereocenters. The Hall–Kier alpha value is -0.120. The van der Waals surface area contributed by atoms with Gasteiger partial charge in [-0.25, -0.2) is 4.39 Å². The summed E-state index contributed by atoms with van der Waals surface area (Å²) in [5.74, 6) is 0.390. The van der Waals surface area contributed by atoms with Gasteiger partial charge in [-0.3, -0.25) is 4.90 Å². The third-order valence-corrected chi connectivity index (χ3v) is 3.40. The van der Waals surface area contributed by atoms with Crippen LogP contribution in [0.5, 0.6) is 0 Å². The molecule has 0 aliphatic rings. The molecule has 0 saturated heterocycles. The second-order valence-electron chi connectivity index (χ2n) is 3.99. The molecule has 0 radical (unpaired) electrons. The van der Waals surface area contributed by atoms with E-state index in [0.29, 0.717) is 11.9 Å². The predicted molar refractivity (Wildman–Crippen MR) is 70.4 cm³/mol. The molecule has 90 valence electrons. The molecule has 0 saturated carbocycles. The van der Waals surface area contributed by atoms with E-state index in [0.717, 1.165) is 23.1 Å². The van der Waals surface area contributed by atoms with Crippen LogP contribution in [-0.2, 0) is 6.54 Å². The number of hydrogen-bond donors (Lipinski definition) is 0. The fourth-order valence-electron chi connectivity index (χ4n) is 1.50. The highest BCUT2D eigenvalue weighted by Crippen LogP contribution is 2.20. The van der Waals surface area contributed by atoms with Gasteiger partial charge in [-0.1, -0.05) is 22.0 Å². The van der Waals surface area contributed by atoms with Crippen LogP contribution in [-0.4, -0.2) is 23.4 Å². The molecule has 1 aromatic carbocycles. The van der Waals surface area contributed by atoms with Gasteiger partial charge in [0.1, 0.15) is 5.82 Å². The van der Waals surface area contributed by atoms with Crippen molar-refractivity contribution in [3.63, 3.8) is 0 Å². The smallest absolute Gasteiger partial charge is 0.124 e. The second kappa shape index (κ2) is 6.58. The molecule has 0 aliphatic carbocycles. The highest BCUT2D eigenvalue weighted by molar-refractivity contribution is 9.10. The van der Waals surface area contributed by atoms with Gasteiger partial charge in [0.15, 0.2) is 0 Å². The van der Waals surface area contributed by atoms with Crippen LogP contribution in [0.1, 0.15) is 19.4 Å². The number of nitrogens with zero attached hydrogens (tertiary/aromatic N) is 1. The Labute approximate surface area is 110 Å². The maximum Gasteiger partial charge on any atom is 0.124 e. The Morgan fingerprint density at radius 3 is 2.62 bits per heavy atom. The van der Waals surface area contributed by atoms with E-state index >= 15 is 0 Å². The Balaban J connectivity index is 2.77. The van der Waals surface area contributed by atoms with E-state index in [-0.39, 0.29) is 5.82 Å². The third-order valence-electron chi connectivity index (χ3n) is 2.49. The maximum absolute atomic E-state index is 12.9. The van der Waals surface area contributed by atoms with Crippen LogP contribution in [0.2, 0.25) is 0 Å². The van der Waals surface area contributed by atoms with Gasteiger partial charge in [0.2, 0.25) is 0 Å². The van der Waals surface area contributed by atoms with E-state index in [1.54, 1.807) is 0 Å². The zero-order chi connectivity index (χ0) is 12.1. The van der Waals surface area contributed by atoms with Crippen molar-refractivity contribution in [3.05, 3.63) is 34.1 Å². The Bertz CT molecular complexity index is 344. The summed E-state index contributed by atoms with van der Waals surface area (Å²) in [6.45, 7) is 5.88. The normalized spacial score (nSPS) is 11.4. The topological polar surface area (TPSA) is 3.24 Å². The van der Waals surface area contributed by atoms with Gasteiger partial charge in [-0.2, -0.15) is 0 Å². The Morgan fingerprint density at radius 1 is 1.44 bits per heavy atom. The van der Waals surface area contributed by atoms with Crippen molar-refractivity contribution < 1.29 is 4.39 Å². The van der Waals surface area contributed by atoms with Crippen molar-refractivity contribution in [1.82, 2.24) is 4.90 Å². The second-order valence-corrected chi connectivity index (χ2v) is 5.22. The first-order chi connectivity index (χ1) is 7.54. The first kappa shape index (κ1) is 13.9. The van der Waals surface area contributed by atoms with Crippen molar-refractivity contribution in [3.8, 4) is 0 Å². The van der Waals surface area contributed by atoms with Crippen molar-refractivity contribution in [2.75, 3.05) is 12.4 Å². The summed E-state index contributed by atoms with van der Waals surface area (Å²) in [5, 5.41) is 0. The van der Waals surface area contributed by atoms with Crippen LogP contribution in [0, 0.1) is 5.82 Å². The summed E-state index contributed by atoms with van der Waals surface area (Å²) in [5.41, 5.74) is 1.08. The van der Waals surface area contributed by atoms with Gasteiger partial charge in [-0.05, 0) is 31.5 Å². The first-order valence-corrected chi connectivity index (χ1v) is 6.61. The quantitative estimate of drug-likeness (QED) is 0.742. The molecule has 1 aromatic rings. The summed E-state index contributed by atoms with van der Waals surface area (Å²) in [6.07, 6.45) is 0. The molecule has 0 aromatic heterocycles. The minimum Gasteiger partial charge on any atom is -0.295 e. The first-order valence-electron chi connectivity index (χ1n) is 5.28. The molecule has 0 amide bonds. The molecule has 1 nitrogen and oxygen atoms in total. The molecule has 1 rings (SSSR count). The van der Waals surface area contributed by atoms with Crippen LogP contribution in [0.4, 0.5) is 4.39 Å². The lowest BCUT2D eigenvalue weighted by molar-refractivity contribution is 0.226. The summed E-state index contributed by atoms with van der Waals surface area (Å²) in [6, 6.07) is 5.22. The van der Waals surface area contributed by atoms with Crippen molar-refractivity contribution in [2.45, 2.75) is 26.4 Å². The lowest BCUT2D eigenvalue weighted by atomic mass is 10.2. The third kappa shape index (κ3) is 4.04. The predicted octanol–water partition coefficient (Wildman–Crippen LogP) is 4.04.